The van der Waals surface area contributed by atoms with E-state index in [4.69, 9.17) is 15.3 Å². The van der Waals surface area contributed by atoms with Gasteiger partial charge in [0.2, 0.25) is 5.76 Å². The average Bonchev–Trinajstić information content (AvgIpc) is 2.65. The molecule has 16 heavy (non-hydrogen) atoms. The van der Waals surface area contributed by atoms with Crippen LogP contribution in [0.5, 0.6) is 0 Å². The molecule has 1 rings (SSSR count). The first-order valence-electron chi connectivity index (χ1n) is 4.54. The highest BCUT2D eigenvalue weighted by Crippen LogP contribution is 2.09. The minimum absolute atomic E-state index is 0.0941. The molecule has 4 N–H and O–H groups in total. The van der Waals surface area contributed by atoms with E-state index in [-0.39, 0.29) is 12.4 Å². The summed E-state index contributed by atoms with van der Waals surface area (Å²) in [6.45, 7) is 0.836. The first-order valence-corrected chi connectivity index (χ1v) is 4.54. The zero-order chi connectivity index (χ0) is 12.0. The first-order chi connectivity index (χ1) is 7.61. The Balaban J connectivity index is 2.29. The summed E-state index contributed by atoms with van der Waals surface area (Å²) in [5, 5.41) is 11.6. The lowest BCUT2D eigenvalue weighted by atomic mass is 10.2. The van der Waals surface area contributed by atoms with Gasteiger partial charge in [-0.15, -0.1) is 0 Å². The molecule has 1 aromatic rings. The van der Waals surface area contributed by atoms with E-state index in [2.05, 4.69) is 10.1 Å². The van der Waals surface area contributed by atoms with Gasteiger partial charge in [0.15, 0.2) is 0 Å². The zero-order valence-corrected chi connectivity index (χ0v) is 8.43. The smallest absolute Gasteiger partial charge is 0.404 e. The van der Waals surface area contributed by atoms with Gasteiger partial charge in [-0.05, 0) is 6.07 Å². The van der Waals surface area contributed by atoms with Crippen LogP contribution in [0.1, 0.15) is 16.1 Å². The molecule has 0 saturated carbocycles. The quantitative estimate of drug-likeness (QED) is 0.597. The molecule has 0 bridgehead atoms. The van der Waals surface area contributed by atoms with Crippen LogP contribution in [0.2, 0.25) is 0 Å². The zero-order valence-electron chi connectivity index (χ0n) is 8.43. The van der Waals surface area contributed by atoms with Gasteiger partial charge < -0.3 is 25.3 Å². The van der Waals surface area contributed by atoms with Gasteiger partial charge in [0.1, 0.15) is 6.61 Å². The van der Waals surface area contributed by atoms with Gasteiger partial charge in [-0.25, -0.2) is 9.59 Å². The molecular weight excluding hydrogens is 216 g/mol. The number of carboxylic acids is 1. The molecule has 0 aliphatic heterocycles. The van der Waals surface area contributed by atoms with E-state index in [1.807, 2.05) is 0 Å². The van der Waals surface area contributed by atoms with Crippen LogP contribution in [0.3, 0.4) is 0 Å². The number of carbonyl (C=O) groups excluding carboxylic acids is 1. The molecule has 1 heterocycles. The van der Waals surface area contributed by atoms with Gasteiger partial charge in [-0.3, -0.25) is 0 Å². The molecule has 0 radical (unpaired) electrons. The van der Waals surface area contributed by atoms with Crippen LogP contribution < -0.4 is 11.1 Å². The molecule has 7 heteroatoms. The third kappa shape index (κ3) is 3.62. The van der Waals surface area contributed by atoms with Crippen molar-refractivity contribution in [2.24, 2.45) is 5.73 Å². The van der Waals surface area contributed by atoms with Crippen molar-refractivity contribution < 1.29 is 23.8 Å². The van der Waals surface area contributed by atoms with E-state index < -0.39 is 12.1 Å². The maximum atomic E-state index is 10.7. The summed E-state index contributed by atoms with van der Waals surface area (Å²) >= 11 is 0. The third-order valence-electron chi connectivity index (χ3n) is 1.78. The Labute approximate surface area is 91.2 Å². The highest BCUT2D eigenvalue weighted by atomic mass is 16.5. The largest absolute Gasteiger partial charge is 0.475 e. The molecule has 7 nitrogen and oxygen atoms in total. The van der Waals surface area contributed by atoms with E-state index in [1.165, 1.54) is 6.26 Å². The van der Waals surface area contributed by atoms with Crippen molar-refractivity contribution in [3.63, 3.8) is 0 Å². The number of hydrogen-bond acceptors (Lipinski definition) is 5. The first kappa shape index (κ1) is 12.1. The lowest BCUT2D eigenvalue weighted by molar-refractivity contribution is 0.0660. The third-order valence-corrected chi connectivity index (χ3v) is 1.78. The number of nitrogens with two attached hydrogens (primary N) is 1. The minimum atomic E-state index is -1.12. The molecule has 0 atom stereocenters. The highest BCUT2D eigenvalue weighted by molar-refractivity contribution is 5.86. The number of furan rings is 1. The molecule has 0 aromatic carbocycles. The van der Waals surface area contributed by atoms with Crippen LogP contribution in [0, 0.1) is 0 Å². The van der Waals surface area contributed by atoms with E-state index in [1.54, 1.807) is 6.07 Å². The fourth-order valence-electron chi connectivity index (χ4n) is 1.11. The van der Waals surface area contributed by atoms with E-state index in [0.29, 0.717) is 18.7 Å². The summed E-state index contributed by atoms with van der Waals surface area (Å²) < 4.78 is 9.25. The molecule has 0 fully saturated rings. The maximum absolute atomic E-state index is 10.7. The number of amides is 1. The monoisotopic (exact) mass is 228 g/mol. The van der Waals surface area contributed by atoms with Crippen molar-refractivity contribution in [1.29, 1.82) is 0 Å². The predicted molar refractivity (Wildman–Crippen MR) is 52.9 cm³/mol. The molecular formula is C9H12N2O5. The van der Waals surface area contributed by atoms with Crippen LogP contribution in [-0.4, -0.2) is 30.3 Å². The van der Waals surface area contributed by atoms with Crippen molar-refractivity contribution in [2.45, 2.75) is 6.54 Å². The maximum Gasteiger partial charge on any atom is 0.404 e. The molecule has 1 amide bonds. The Kier molecular flexibility index (Phi) is 4.34. The topological polar surface area (TPSA) is 115 Å². The molecule has 0 spiro atoms. The van der Waals surface area contributed by atoms with Crippen molar-refractivity contribution in [2.75, 3.05) is 13.2 Å². The van der Waals surface area contributed by atoms with Crippen LogP contribution in [0.25, 0.3) is 0 Å². The summed E-state index contributed by atoms with van der Waals surface area (Å²) in [5.74, 6) is -1.21. The van der Waals surface area contributed by atoms with Crippen LogP contribution in [0.4, 0.5) is 4.79 Å². The van der Waals surface area contributed by atoms with Gasteiger partial charge in [-0.1, -0.05) is 0 Å². The van der Waals surface area contributed by atoms with Gasteiger partial charge in [0.05, 0.1) is 6.26 Å². The number of rotatable bonds is 6. The standard InChI is InChI=1S/C9H12N2O5/c10-9(14)16-4-2-11-5-6-1-3-15-7(6)8(12)13/h1,3,11H,2,4-5H2,(H2,10,14)(H,12,13). The van der Waals surface area contributed by atoms with Gasteiger partial charge >= 0.3 is 12.1 Å². The second kappa shape index (κ2) is 5.76. The normalized spacial score (nSPS) is 10.0. The highest BCUT2D eigenvalue weighted by Gasteiger charge is 2.12. The van der Waals surface area contributed by atoms with E-state index in [9.17, 15) is 9.59 Å². The number of hydrogen-bond donors (Lipinski definition) is 3. The summed E-state index contributed by atoms with van der Waals surface area (Å²) in [7, 11) is 0. The summed E-state index contributed by atoms with van der Waals surface area (Å²) in [4.78, 5) is 20.9. The number of aromatic carboxylic acids is 1. The fourth-order valence-corrected chi connectivity index (χ4v) is 1.11. The molecule has 0 aliphatic carbocycles. The predicted octanol–water partition coefficient (Wildman–Crippen LogP) is 0.163. The second-order valence-electron chi connectivity index (χ2n) is 2.92. The Hall–Kier alpha value is -2.02. The Bertz CT molecular complexity index is 374. The van der Waals surface area contributed by atoms with E-state index in [0.717, 1.165) is 0 Å². The van der Waals surface area contributed by atoms with E-state index >= 15 is 0 Å². The number of ether oxygens (including phenoxy) is 1. The summed E-state index contributed by atoms with van der Waals surface area (Å²) in [6, 6.07) is 1.56. The van der Waals surface area contributed by atoms with Crippen LogP contribution in [-0.2, 0) is 11.3 Å². The average molecular weight is 228 g/mol. The lowest BCUT2D eigenvalue weighted by Crippen LogP contribution is -2.23. The molecule has 0 aliphatic rings. The molecule has 0 unspecified atom stereocenters. The van der Waals surface area contributed by atoms with Gasteiger partial charge in [0, 0.05) is 18.7 Å². The number of carboxylic acid groups (broad SMARTS) is 1. The fraction of sp³-hybridized carbons (Fsp3) is 0.333. The summed E-state index contributed by atoms with van der Waals surface area (Å²) in [6.07, 6.45) is 0.469. The molecule has 0 saturated heterocycles. The van der Waals surface area contributed by atoms with Crippen molar-refractivity contribution in [3.8, 4) is 0 Å². The summed E-state index contributed by atoms with van der Waals surface area (Å²) in [5.41, 5.74) is 5.29. The number of nitrogens with one attached hydrogen (secondary N) is 1. The van der Waals surface area contributed by atoms with Gasteiger partial charge in [0.25, 0.3) is 0 Å². The molecule has 1 aromatic heterocycles. The Morgan fingerprint density at radius 3 is 2.94 bits per heavy atom. The number of carbonyl (C=O) groups is 2. The Morgan fingerprint density at radius 1 is 1.56 bits per heavy atom. The van der Waals surface area contributed by atoms with Crippen molar-refractivity contribution in [1.82, 2.24) is 5.32 Å². The minimum Gasteiger partial charge on any atom is -0.475 e. The number of primary amides is 1. The Morgan fingerprint density at radius 2 is 2.31 bits per heavy atom. The molecule has 88 valence electrons. The van der Waals surface area contributed by atoms with Gasteiger partial charge in [-0.2, -0.15) is 0 Å². The van der Waals surface area contributed by atoms with Crippen LogP contribution >= 0.6 is 0 Å². The van der Waals surface area contributed by atoms with Crippen LogP contribution in [0.15, 0.2) is 16.7 Å². The van der Waals surface area contributed by atoms with Crippen molar-refractivity contribution >= 4 is 12.1 Å². The SMILES string of the molecule is NC(=O)OCCNCc1ccoc1C(=O)O. The second-order valence-corrected chi connectivity index (χ2v) is 2.92. The lowest BCUT2D eigenvalue weighted by Gasteiger charge is -2.03. The van der Waals surface area contributed by atoms with Crippen molar-refractivity contribution in [3.05, 3.63) is 23.7 Å².